The predicted octanol–water partition coefficient (Wildman–Crippen LogP) is -0.541. The topological polar surface area (TPSA) is 197 Å². The highest BCUT2D eigenvalue weighted by Gasteiger charge is 2.30. The van der Waals surface area contributed by atoms with Gasteiger partial charge < -0.3 is 37.6 Å². The number of unbranched alkanes of at least 4 members (excludes halogenated alkanes) is 1. The summed E-state index contributed by atoms with van der Waals surface area (Å²) in [5.74, 6) is -3.23. The van der Waals surface area contributed by atoms with Crippen LogP contribution in [-0.2, 0) is 32.0 Å². The molecule has 0 aliphatic carbocycles. The maximum Gasteiger partial charge on any atom is 0.326 e. The van der Waals surface area contributed by atoms with Crippen LogP contribution in [0.25, 0.3) is 0 Å². The number of carbonyl (C=O) groups excluding carboxylic acids is 3. The zero-order valence-electron chi connectivity index (χ0n) is 21.2. The number of rotatable bonds is 16. The third-order valence-corrected chi connectivity index (χ3v) is 5.93. The first-order valence-corrected chi connectivity index (χ1v) is 12.5. The van der Waals surface area contributed by atoms with Gasteiger partial charge >= 0.3 is 5.97 Å². The van der Waals surface area contributed by atoms with Gasteiger partial charge in [-0.15, -0.1) is 0 Å². The van der Waals surface area contributed by atoms with Crippen molar-refractivity contribution in [3.8, 4) is 0 Å². The molecule has 0 bridgehead atoms. The van der Waals surface area contributed by atoms with E-state index >= 15 is 0 Å². The number of nitrogens with two attached hydrogens (primary N) is 2. The lowest BCUT2D eigenvalue weighted by atomic mass is 10.0. The highest BCUT2D eigenvalue weighted by molar-refractivity contribution is 5.94. The van der Waals surface area contributed by atoms with Gasteiger partial charge in [-0.3, -0.25) is 14.4 Å². The monoisotopic (exact) mass is 527 g/mol. The first-order chi connectivity index (χ1) is 18.2. The number of hydrogen-bond acceptors (Lipinski definition) is 7. The molecule has 11 heteroatoms. The molecule has 11 nitrogen and oxygen atoms in total. The first-order valence-electron chi connectivity index (χ1n) is 12.5. The third-order valence-electron chi connectivity index (χ3n) is 5.93. The number of aliphatic hydroxyl groups is 1. The molecule has 4 atom stereocenters. The number of carboxylic acids is 1. The summed E-state index contributed by atoms with van der Waals surface area (Å²) < 4.78 is 0. The van der Waals surface area contributed by atoms with Crippen molar-refractivity contribution >= 4 is 23.7 Å². The Morgan fingerprint density at radius 3 is 1.68 bits per heavy atom. The highest BCUT2D eigenvalue weighted by atomic mass is 16.4. The summed E-state index contributed by atoms with van der Waals surface area (Å²) in [6, 6.07) is 13.2. The lowest BCUT2D eigenvalue weighted by Crippen LogP contribution is -2.58. The summed E-state index contributed by atoms with van der Waals surface area (Å²) in [7, 11) is 0. The molecule has 0 aliphatic heterocycles. The Balaban J connectivity index is 2.20. The zero-order chi connectivity index (χ0) is 27.9. The van der Waals surface area contributed by atoms with Crippen molar-refractivity contribution in [1.29, 1.82) is 0 Å². The number of benzene rings is 2. The lowest BCUT2D eigenvalue weighted by molar-refractivity contribution is -0.142. The summed E-state index contributed by atoms with van der Waals surface area (Å²) in [5.41, 5.74) is 12.7. The highest BCUT2D eigenvalue weighted by Crippen LogP contribution is 2.08. The van der Waals surface area contributed by atoms with Gasteiger partial charge in [0.2, 0.25) is 17.7 Å². The number of nitrogens with one attached hydrogen (secondary N) is 3. The van der Waals surface area contributed by atoms with Crippen LogP contribution in [0.1, 0.15) is 30.4 Å². The summed E-state index contributed by atoms with van der Waals surface area (Å²) in [6.45, 7) is -0.215. The Morgan fingerprint density at radius 1 is 0.711 bits per heavy atom. The minimum Gasteiger partial charge on any atom is -0.480 e. The van der Waals surface area contributed by atoms with Gasteiger partial charge in [-0.1, -0.05) is 60.7 Å². The fourth-order valence-corrected chi connectivity index (χ4v) is 3.78. The lowest BCUT2D eigenvalue weighted by Gasteiger charge is -2.25. The van der Waals surface area contributed by atoms with Crippen LogP contribution in [-0.4, -0.2) is 71.2 Å². The van der Waals surface area contributed by atoms with Crippen LogP contribution in [0.4, 0.5) is 0 Å². The van der Waals surface area contributed by atoms with E-state index in [1.807, 2.05) is 6.07 Å². The molecule has 0 spiro atoms. The van der Waals surface area contributed by atoms with Gasteiger partial charge in [-0.2, -0.15) is 0 Å². The van der Waals surface area contributed by atoms with Crippen LogP contribution in [0, 0.1) is 0 Å². The molecule has 9 N–H and O–H groups in total. The fourth-order valence-electron chi connectivity index (χ4n) is 3.78. The van der Waals surface area contributed by atoms with E-state index in [9.17, 15) is 29.4 Å². The number of aliphatic hydroxyl groups excluding tert-OH is 1. The minimum atomic E-state index is -1.22. The van der Waals surface area contributed by atoms with E-state index in [4.69, 9.17) is 11.5 Å². The normalized spacial score (nSPS) is 14.0. The van der Waals surface area contributed by atoms with E-state index in [1.165, 1.54) is 0 Å². The van der Waals surface area contributed by atoms with Crippen molar-refractivity contribution in [3.05, 3.63) is 71.8 Å². The summed E-state index contributed by atoms with van der Waals surface area (Å²) in [6.07, 6.45) is 1.50. The molecule has 0 aliphatic rings. The van der Waals surface area contributed by atoms with Gasteiger partial charge in [0.05, 0.1) is 6.61 Å². The van der Waals surface area contributed by atoms with Crippen LogP contribution in [0.15, 0.2) is 60.7 Å². The molecule has 2 aromatic carbocycles. The number of carbonyl (C=O) groups is 4. The standard InChI is InChI=1S/C27H37N5O6/c28-14-8-7-13-21(25(35)32-23(27(37)38)16-19-11-5-2-6-12-19)30-26(36)22(31-24(34)20(29)17-33)15-18-9-3-1-4-10-18/h1-6,9-12,20-23,33H,7-8,13-17,28-29H2,(H,30,36)(H,31,34)(H,32,35)(H,37,38). The molecule has 0 saturated carbocycles. The van der Waals surface area contributed by atoms with Crippen molar-refractivity contribution in [1.82, 2.24) is 16.0 Å². The fraction of sp³-hybridized carbons (Fsp3) is 0.407. The van der Waals surface area contributed by atoms with Crippen molar-refractivity contribution in [3.63, 3.8) is 0 Å². The molecule has 206 valence electrons. The van der Waals surface area contributed by atoms with Crippen LogP contribution < -0.4 is 27.4 Å². The molecule has 38 heavy (non-hydrogen) atoms. The van der Waals surface area contributed by atoms with Gasteiger partial charge in [0.1, 0.15) is 24.2 Å². The molecule has 2 rings (SSSR count). The van der Waals surface area contributed by atoms with Crippen molar-refractivity contribution in [2.75, 3.05) is 13.2 Å². The van der Waals surface area contributed by atoms with Gasteiger partial charge in [0.25, 0.3) is 0 Å². The Kier molecular flexibility index (Phi) is 12.9. The molecule has 0 aromatic heterocycles. The van der Waals surface area contributed by atoms with Gasteiger partial charge in [-0.05, 0) is 36.9 Å². The largest absolute Gasteiger partial charge is 0.480 e. The van der Waals surface area contributed by atoms with Gasteiger partial charge in [0, 0.05) is 12.8 Å². The minimum absolute atomic E-state index is 0.0666. The average Bonchev–Trinajstić information content (AvgIpc) is 2.92. The molecule has 0 heterocycles. The van der Waals surface area contributed by atoms with Crippen LogP contribution >= 0.6 is 0 Å². The molecule has 2 aromatic rings. The molecular formula is C27H37N5O6. The number of carboxylic acid groups (broad SMARTS) is 1. The Morgan fingerprint density at radius 2 is 1.18 bits per heavy atom. The maximum absolute atomic E-state index is 13.3. The molecule has 0 saturated heterocycles. The number of hydrogen-bond donors (Lipinski definition) is 7. The number of aliphatic carboxylic acids is 1. The number of amides is 3. The van der Waals surface area contributed by atoms with Gasteiger partial charge in [-0.25, -0.2) is 4.79 Å². The molecular weight excluding hydrogens is 490 g/mol. The predicted molar refractivity (Wildman–Crippen MR) is 142 cm³/mol. The van der Waals surface area contributed by atoms with Crippen molar-refractivity contribution < 1.29 is 29.4 Å². The maximum atomic E-state index is 13.3. The quantitative estimate of drug-likeness (QED) is 0.141. The average molecular weight is 528 g/mol. The van der Waals surface area contributed by atoms with Crippen LogP contribution in [0.3, 0.4) is 0 Å². The smallest absolute Gasteiger partial charge is 0.326 e. The van der Waals surface area contributed by atoms with E-state index in [0.717, 1.165) is 11.1 Å². The van der Waals surface area contributed by atoms with E-state index in [-0.39, 0.29) is 19.3 Å². The van der Waals surface area contributed by atoms with Crippen LogP contribution in [0.2, 0.25) is 0 Å². The second-order valence-electron chi connectivity index (χ2n) is 8.97. The Labute approximate surface area is 222 Å². The summed E-state index contributed by atoms with van der Waals surface area (Å²) in [4.78, 5) is 50.7. The Hall–Kier alpha value is -3.80. The van der Waals surface area contributed by atoms with E-state index in [1.54, 1.807) is 54.6 Å². The van der Waals surface area contributed by atoms with Crippen molar-refractivity contribution in [2.45, 2.75) is 56.3 Å². The zero-order valence-corrected chi connectivity index (χ0v) is 21.2. The SMILES string of the molecule is NCCCCC(NC(=O)C(Cc1ccccc1)NC(=O)C(N)CO)C(=O)NC(Cc1ccccc1)C(=O)O. The summed E-state index contributed by atoms with van der Waals surface area (Å²) in [5, 5.41) is 26.6. The third kappa shape index (κ3) is 10.3. The summed E-state index contributed by atoms with van der Waals surface area (Å²) >= 11 is 0. The second kappa shape index (κ2) is 16.1. The first kappa shape index (κ1) is 30.4. The molecule has 3 amide bonds. The molecule has 4 unspecified atom stereocenters. The second-order valence-corrected chi connectivity index (χ2v) is 8.97. The Bertz CT molecular complexity index is 1040. The molecule has 0 radical (unpaired) electrons. The van der Waals surface area contributed by atoms with Gasteiger partial charge in [0.15, 0.2) is 0 Å². The van der Waals surface area contributed by atoms with E-state index in [2.05, 4.69) is 16.0 Å². The van der Waals surface area contributed by atoms with Crippen molar-refractivity contribution in [2.24, 2.45) is 11.5 Å². The molecule has 0 fully saturated rings. The van der Waals surface area contributed by atoms with Crippen LogP contribution in [0.5, 0.6) is 0 Å². The van der Waals surface area contributed by atoms with E-state index < -0.39 is 54.5 Å². The van der Waals surface area contributed by atoms with E-state index in [0.29, 0.717) is 19.4 Å².